The number of nitrogens with one attached hydrogen (secondary N) is 1. The van der Waals surface area contributed by atoms with E-state index in [4.69, 9.17) is 4.74 Å². The Hall–Kier alpha value is -1.14. The van der Waals surface area contributed by atoms with Crippen molar-refractivity contribution in [1.29, 1.82) is 0 Å². The Labute approximate surface area is 127 Å². The smallest absolute Gasteiger partial charge is 0.285 e. The van der Waals surface area contributed by atoms with Gasteiger partial charge in [-0.1, -0.05) is 13.8 Å². The Morgan fingerprint density at radius 1 is 1.55 bits per heavy atom. The van der Waals surface area contributed by atoms with E-state index in [0.29, 0.717) is 11.1 Å². The Bertz CT molecular complexity index is 519. The minimum Gasteiger partial charge on any atom is -0.381 e. The van der Waals surface area contributed by atoms with Gasteiger partial charge in [-0.2, -0.15) is 0 Å². The monoisotopic (exact) mass is 342 g/mol. The molecule has 1 saturated carbocycles. The highest BCUT2D eigenvalue weighted by Gasteiger charge is 2.48. The summed E-state index contributed by atoms with van der Waals surface area (Å²) in [5.74, 6) is 0. The van der Waals surface area contributed by atoms with Gasteiger partial charge in [0.1, 0.15) is 0 Å². The van der Waals surface area contributed by atoms with Crippen LogP contribution in [-0.2, 0) is 4.74 Å². The van der Waals surface area contributed by atoms with Crippen molar-refractivity contribution in [3.05, 3.63) is 32.8 Å². The van der Waals surface area contributed by atoms with E-state index in [-0.39, 0.29) is 28.2 Å². The summed E-state index contributed by atoms with van der Waals surface area (Å²) in [5, 5.41) is 14.3. The lowest BCUT2D eigenvalue weighted by Crippen LogP contribution is -2.58. The second-order valence-electron chi connectivity index (χ2n) is 5.62. The number of rotatable bonds is 5. The third-order valence-electron chi connectivity index (χ3n) is 4.03. The molecule has 2 rings (SSSR count). The van der Waals surface area contributed by atoms with Gasteiger partial charge in [-0.15, -0.1) is 0 Å². The van der Waals surface area contributed by atoms with Crippen LogP contribution in [0.15, 0.2) is 22.7 Å². The zero-order chi connectivity index (χ0) is 14.9. The normalized spacial score (nSPS) is 24.0. The molecule has 110 valence electrons. The van der Waals surface area contributed by atoms with Gasteiger partial charge < -0.3 is 10.1 Å². The van der Waals surface area contributed by atoms with Crippen molar-refractivity contribution in [2.24, 2.45) is 5.41 Å². The standard InChI is InChI=1S/C14H19BrN2O3/c1-4-20-13-8-12(14(13,2)3)16-9-5-6-10(15)11(7-9)17(18)19/h5-7,12-13,16H,4,8H2,1-3H3. The number of halogens is 1. The molecule has 1 N–H and O–H groups in total. The van der Waals surface area contributed by atoms with Crippen LogP contribution in [0, 0.1) is 15.5 Å². The molecule has 0 spiro atoms. The van der Waals surface area contributed by atoms with Gasteiger partial charge in [0.05, 0.1) is 15.5 Å². The van der Waals surface area contributed by atoms with E-state index in [1.807, 2.05) is 13.0 Å². The third kappa shape index (κ3) is 2.81. The quantitative estimate of drug-likeness (QED) is 0.649. The van der Waals surface area contributed by atoms with Gasteiger partial charge in [-0.3, -0.25) is 10.1 Å². The largest absolute Gasteiger partial charge is 0.381 e. The molecule has 0 aliphatic heterocycles. The van der Waals surface area contributed by atoms with E-state index in [2.05, 4.69) is 35.1 Å². The molecular weight excluding hydrogens is 324 g/mol. The highest BCUT2D eigenvalue weighted by molar-refractivity contribution is 9.10. The lowest BCUT2D eigenvalue weighted by molar-refractivity contribution is -0.385. The van der Waals surface area contributed by atoms with E-state index in [9.17, 15) is 10.1 Å². The van der Waals surface area contributed by atoms with E-state index in [1.165, 1.54) is 0 Å². The van der Waals surface area contributed by atoms with E-state index >= 15 is 0 Å². The Morgan fingerprint density at radius 2 is 2.25 bits per heavy atom. The molecule has 2 unspecified atom stereocenters. The van der Waals surface area contributed by atoms with Crippen LogP contribution < -0.4 is 5.32 Å². The first-order valence-corrected chi connectivity index (χ1v) is 7.47. The lowest BCUT2D eigenvalue weighted by Gasteiger charge is -2.52. The number of nitro benzene ring substituents is 1. The van der Waals surface area contributed by atoms with Crippen LogP contribution in [0.4, 0.5) is 11.4 Å². The summed E-state index contributed by atoms with van der Waals surface area (Å²) in [6.45, 7) is 7.02. The fourth-order valence-corrected chi connectivity index (χ4v) is 2.95. The maximum atomic E-state index is 10.9. The summed E-state index contributed by atoms with van der Waals surface area (Å²) in [4.78, 5) is 10.6. The molecule has 20 heavy (non-hydrogen) atoms. The fourth-order valence-electron chi connectivity index (χ4n) is 2.56. The van der Waals surface area contributed by atoms with Crippen molar-refractivity contribution in [2.75, 3.05) is 11.9 Å². The molecule has 0 heterocycles. The van der Waals surface area contributed by atoms with Gasteiger partial charge in [0.15, 0.2) is 0 Å². The SMILES string of the molecule is CCOC1CC(Nc2ccc(Br)c([N+](=O)[O-])c2)C1(C)C. The number of hydrogen-bond acceptors (Lipinski definition) is 4. The summed E-state index contributed by atoms with van der Waals surface area (Å²) < 4.78 is 6.18. The summed E-state index contributed by atoms with van der Waals surface area (Å²) in [6, 6.07) is 5.38. The van der Waals surface area contributed by atoms with Crippen LogP contribution in [0.25, 0.3) is 0 Å². The van der Waals surface area contributed by atoms with E-state index < -0.39 is 0 Å². The maximum absolute atomic E-state index is 10.9. The summed E-state index contributed by atoms with van der Waals surface area (Å²) in [7, 11) is 0. The minimum atomic E-state index is -0.385. The second kappa shape index (κ2) is 5.69. The molecule has 1 aromatic rings. The fraction of sp³-hybridized carbons (Fsp3) is 0.571. The average Bonchev–Trinajstić information content (AvgIpc) is 2.39. The Kier molecular flexibility index (Phi) is 4.34. The summed E-state index contributed by atoms with van der Waals surface area (Å²) >= 11 is 3.19. The van der Waals surface area contributed by atoms with Gasteiger partial charge >= 0.3 is 0 Å². The number of anilines is 1. The molecule has 1 aliphatic rings. The molecule has 5 nitrogen and oxygen atoms in total. The first-order valence-electron chi connectivity index (χ1n) is 6.68. The molecule has 0 saturated heterocycles. The highest BCUT2D eigenvalue weighted by atomic mass is 79.9. The Balaban J connectivity index is 2.09. The van der Waals surface area contributed by atoms with Crippen molar-refractivity contribution in [1.82, 2.24) is 0 Å². The van der Waals surface area contributed by atoms with Crippen LogP contribution in [0.3, 0.4) is 0 Å². The molecule has 0 radical (unpaired) electrons. The molecule has 2 atom stereocenters. The predicted octanol–water partition coefficient (Wildman–Crippen LogP) is 3.97. The average molecular weight is 343 g/mol. The van der Waals surface area contributed by atoms with Gasteiger partial charge in [-0.05, 0) is 41.4 Å². The molecule has 1 fully saturated rings. The van der Waals surface area contributed by atoms with Crippen LogP contribution in [0.2, 0.25) is 0 Å². The predicted molar refractivity (Wildman–Crippen MR) is 82.0 cm³/mol. The van der Waals surface area contributed by atoms with E-state index in [0.717, 1.165) is 12.1 Å². The third-order valence-corrected chi connectivity index (χ3v) is 4.70. The van der Waals surface area contributed by atoms with Gasteiger partial charge in [0.25, 0.3) is 5.69 Å². The van der Waals surface area contributed by atoms with Crippen molar-refractivity contribution in [3.63, 3.8) is 0 Å². The zero-order valence-corrected chi connectivity index (χ0v) is 13.4. The minimum absolute atomic E-state index is 0.0257. The van der Waals surface area contributed by atoms with Crippen LogP contribution in [0.1, 0.15) is 27.2 Å². The molecular formula is C14H19BrN2O3. The van der Waals surface area contributed by atoms with Gasteiger partial charge in [-0.25, -0.2) is 0 Å². The highest BCUT2D eigenvalue weighted by Crippen LogP contribution is 2.44. The zero-order valence-electron chi connectivity index (χ0n) is 11.9. The van der Waals surface area contributed by atoms with Gasteiger partial charge in [0.2, 0.25) is 0 Å². The molecule has 1 aromatic carbocycles. The van der Waals surface area contributed by atoms with Crippen molar-refractivity contribution in [2.45, 2.75) is 39.3 Å². The first-order chi connectivity index (χ1) is 9.36. The molecule has 0 aromatic heterocycles. The maximum Gasteiger partial charge on any atom is 0.285 e. The number of ether oxygens (including phenoxy) is 1. The Morgan fingerprint density at radius 3 is 2.80 bits per heavy atom. The first kappa shape index (κ1) is 15.3. The second-order valence-corrected chi connectivity index (χ2v) is 6.48. The van der Waals surface area contributed by atoms with Crippen molar-refractivity contribution < 1.29 is 9.66 Å². The lowest BCUT2D eigenvalue weighted by atomic mass is 9.64. The molecule has 0 bridgehead atoms. The van der Waals surface area contributed by atoms with Crippen LogP contribution in [-0.4, -0.2) is 23.7 Å². The molecule has 1 aliphatic carbocycles. The number of benzene rings is 1. The molecule has 0 amide bonds. The van der Waals surface area contributed by atoms with Crippen LogP contribution in [0.5, 0.6) is 0 Å². The van der Waals surface area contributed by atoms with Gasteiger partial charge in [0, 0.05) is 29.8 Å². The summed E-state index contributed by atoms with van der Waals surface area (Å²) in [5.41, 5.74) is 0.874. The van der Waals surface area contributed by atoms with E-state index in [1.54, 1.807) is 12.1 Å². The number of nitro groups is 1. The molecule has 6 heteroatoms. The summed E-state index contributed by atoms with van der Waals surface area (Å²) in [6.07, 6.45) is 1.17. The number of nitrogens with zero attached hydrogens (tertiary/aromatic N) is 1. The number of hydrogen-bond donors (Lipinski definition) is 1. The topological polar surface area (TPSA) is 64.4 Å². The van der Waals surface area contributed by atoms with Crippen molar-refractivity contribution >= 4 is 27.3 Å². The van der Waals surface area contributed by atoms with Crippen molar-refractivity contribution in [3.8, 4) is 0 Å². The van der Waals surface area contributed by atoms with Crippen LogP contribution >= 0.6 is 15.9 Å².